The molecule has 1 N–H and O–H groups in total. The van der Waals surface area contributed by atoms with E-state index >= 15 is 0 Å². The van der Waals surface area contributed by atoms with Crippen LogP contribution in [0.15, 0.2) is 64.5 Å². The number of methoxy groups -OCH3 is 1. The Kier molecular flexibility index (Phi) is 6.22. The van der Waals surface area contributed by atoms with Crippen LogP contribution in [0.4, 0.5) is 5.69 Å². The molecule has 132 valence electrons. The summed E-state index contributed by atoms with van der Waals surface area (Å²) >= 11 is 5.78. The number of carbonyl (C=O) groups is 1. The van der Waals surface area contributed by atoms with E-state index in [1.165, 1.54) is 24.3 Å². The molecule has 0 amide bonds. The maximum absolute atomic E-state index is 12.7. The summed E-state index contributed by atoms with van der Waals surface area (Å²) in [5, 5.41) is 3.23. The summed E-state index contributed by atoms with van der Waals surface area (Å²) in [7, 11) is -2.92. The Hall–Kier alpha value is -2.31. The van der Waals surface area contributed by atoms with Crippen molar-refractivity contribution < 1.29 is 17.9 Å². The molecule has 0 aliphatic carbocycles. The van der Waals surface area contributed by atoms with E-state index in [1.54, 1.807) is 12.1 Å². The molecule has 0 saturated carbocycles. The van der Waals surface area contributed by atoms with Crippen LogP contribution in [-0.2, 0) is 25.8 Å². The summed E-state index contributed by atoms with van der Waals surface area (Å²) in [6.07, 6.45) is 2.03. The molecule has 7 heteroatoms. The van der Waals surface area contributed by atoms with E-state index in [4.69, 9.17) is 11.6 Å². The molecule has 0 saturated heterocycles. The third kappa shape index (κ3) is 4.61. The second-order valence-electron chi connectivity index (χ2n) is 5.15. The van der Waals surface area contributed by atoms with Gasteiger partial charge < -0.3 is 10.1 Å². The van der Waals surface area contributed by atoms with Crippen LogP contribution in [0.25, 0.3) is 0 Å². The molecule has 0 aliphatic rings. The van der Waals surface area contributed by atoms with Crippen molar-refractivity contribution in [3.05, 3.63) is 70.2 Å². The zero-order valence-corrected chi connectivity index (χ0v) is 15.4. The van der Waals surface area contributed by atoms with Gasteiger partial charge in [-0.2, -0.15) is 0 Å². The van der Waals surface area contributed by atoms with Gasteiger partial charge in [-0.1, -0.05) is 30.7 Å². The minimum atomic E-state index is -4.05. The number of aryl methyl sites for hydroxylation is 1. The fourth-order valence-corrected chi connectivity index (χ4v) is 3.46. The Morgan fingerprint density at radius 1 is 1.12 bits per heavy atom. The van der Waals surface area contributed by atoms with Crippen molar-refractivity contribution in [2.75, 3.05) is 12.4 Å². The van der Waals surface area contributed by atoms with Crippen molar-refractivity contribution in [1.29, 1.82) is 0 Å². The van der Waals surface area contributed by atoms with Crippen molar-refractivity contribution in [3.8, 4) is 0 Å². The van der Waals surface area contributed by atoms with Gasteiger partial charge >= 0.3 is 5.97 Å². The van der Waals surface area contributed by atoms with Crippen molar-refractivity contribution in [3.63, 3.8) is 0 Å². The molecule has 25 heavy (non-hydrogen) atoms. The van der Waals surface area contributed by atoms with E-state index in [-0.39, 0.29) is 4.90 Å². The fourth-order valence-electron chi connectivity index (χ4n) is 2.07. The highest BCUT2D eigenvalue weighted by molar-refractivity contribution is 7.96. The predicted octanol–water partition coefficient (Wildman–Crippen LogP) is 3.80. The third-order valence-electron chi connectivity index (χ3n) is 3.53. The minimum Gasteiger partial charge on any atom is -0.465 e. The van der Waals surface area contributed by atoms with Crippen LogP contribution in [0.1, 0.15) is 12.5 Å². The Morgan fingerprint density at radius 2 is 1.72 bits per heavy atom. The monoisotopic (exact) mass is 379 g/mol. The number of nitrogens with one attached hydrogen (secondary N) is 1. The van der Waals surface area contributed by atoms with Gasteiger partial charge in [-0.25, -0.2) is 13.2 Å². The average Bonchev–Trinajstić information content (AvgIpc) is 2.62. The molecule has 2 aromatic rings. The maximum Gasteiger partial charge on any atom is 0.351 e. The Morgan fingerprint density at radius 3 is 2.24 bits per heavy atom. The number of benzene rings is 2. The van der Waals surface area contributed by atoms with E-state index < -0.39 is 20.7 Å². The van der Waals surface area contributed by atoms with E-state index in [0.717, 1.165) is 25.3 Å². The molecule has 0 bridgehead atoms. The molecule has 0 aromatic heterocycles. The van der Waals surface area contributed by atoms with Gasteiger partial charge in [0.15, 0.2) is 4.91 Å². The van der Waals surface area contributed by atoms with Gasteiger partial charge in [0.05, 0.1) is 12.0 Å². The quantitative estimate of drug-likeness (QED) is 0.610. The number of rotatable bonds is 6. The van der Waals surface area contributed by atoms with Crippen LogP contribution >= 0.6 is 11.6 Å². The average molecular weight is 380 g/mol. The Labute approximate surface area is 152 Å². The first kappa shape index (κ1) is 19.0. The number of anilines is 1. The lowest BCUT2D eigenvalue weighted by atomic mass is 10.1. The Bertz CT molecular complexity index is 872. The Balaban J connectivity index is 2.37. The number of hydrogen-bond acceptors (Lipinski definition) is 5. The van der Waals surface area contributed by atoms with E-state index in [0.29, 0.717) is 10.7 Å². The number of sulfone groups is 1. The van der Waals surface area contributed by atoms with Gasteiger partial charge in [-0.15, -0.1) is 0 Å². The number of carbonyl (C=O) groups excluding carboxylic acids is 1. The van der Waals surface area contributed by atoms with E-state index in [1.807, 2.05) is 19.1 Å². The second kappa shape index (κ2) is 8.18. The second-order valence-corrected chi connectivity index (χ2v) is 7.51. The van der Waals surface area contributed by atoms with Gasteiger partial charge in [-0.3, -0.25) is 0 Å². The molecule has 2 rings (SSSR count). The zero-order chi connectivity index (χ0) is 18.4. The van der Waals surface area contributed by atoms with Gasteiger partial charge in [0.2, 0.25) is 9.84 Å². The molecule has 0 heterocycles. The predicted molar refractivity (Wildman–Crippen MR) is 98.2 cm³/mol. The molecule has 0 atom stereocenters. The van der Waals surface area contributed by atoms with Crippen LogP contribution < -0.4 is 5.32 Å². The van der Waals surface area contributed by atoms with Crippen LogP contribution in [0.2, 0.25) is 5.02 Å². The molecule has 0 radical (unpaired) electrons. The fraction of sp³-hybridized carbons (Fsp3) is 0.167. The lowest BCUT2D eigenvalue weighted by molar-refractivity contribution is -0.135. The molecule has 0 spiro atoms. The first-order valence-corrected chi connectivity index (χ1v) is 9.39. The first-order chi connectivity index (χ1) is 11.9. The van der Waals surface area contributed by atoms with E-state index in [2.05, 4.69) is 10.1 Å². The summed E-state index contributed by atoms with van der Waals surface area (Å²) < 4.78 is 30.0. The van der Waals surface area contributed by atoms with Crippen LogP contribution in [0.3, 0.4) is 0 Å². The summed E-state index contributed by atoms with van der Waals surface area (Å²) in [4.78, 5) is 11.5. The highest BCUT2D eigenvalue weighted by Crippen LogP contribution is 2.22. The molecule has 0 fully saturated rings. The summed E-state index contributed by atoms with van der Waals surface area (Å²) in [6.45, 7) is 2.04. The smallest absolute Gasteiger partial charge is 0.351 e. The van der Waals surface area contributed by atoms with Crippen molar-refractivity contribution in [2.24, 2.45) is 0 Å². The standard InChI is InChI=1S/C18H18ClNO4S/c1-3-13-4-8-15(9-5-13)20-12-17(18(21)24-2)25(22,23)16-10-6-14(19)7-11-16/h4-12,20H,3H2,1-2H3/b17-12+. The van der Waals surface area contributed by atoms with E-state index in [9.17, 15) is 13.2 Å². The number of hydrogen-bond donors (Lipinski definition) is 1. The largest absolute Gasteiger partial charge is 0.465 e. The molecular formula is C18H18ClNO4S. The highest BCUT2D eigenvalue weighted by Gasteiger charge is 2.28. The lowest BCUT2D eigenvalue weighted by Gasteiger charge is -2.09. The van der Waals surface area contributed by atoms with Gasteiger partial charge in [0.1, 0.15) is 0 Å². The number of halogens is 1. The van der Waals surface area contributed by atoms with Crippen LogP contribution in [-0.4, -0.2) is 21.5 Å². The summed E-state index contributed by atoms with van der Waals surface area (Å²) in [5.41, 5.74) is 1.81. The normalized spacial score (nSPS) is 11.9. The van der Waals surface area contributed by atoms with Crippen LogP contribution in [0, 0.1) is 0 Å². The lowest BCUT2D eigenvalue weighted by Crippen LogP contribution is -2.16. The molecule has 0 unspecified atom stereocenters. The number of esters is 1. The number of ether oxygens (including phenoxy) is 1. The molecule has 2 aromatic carbocycles. The zero-order valence-electron chi connectivity index (χ0n) is 13.8. The van der Waals surface area contributed by atoms with Crippen molar-refractivity contribution in [1.82, 2.24) is 0 Å². The third-order valence-corrected chi connectivity index (χ3v) is 5.54. The summed E-state index contributed by atoms with van der Waals surface area (Å²) in [5.74, 6) is -0.951. The van der Waals surface area contributed by atoms with Crippen molar-refractivity contribution >= 4 is 33.1 Å². The highest BCUT2D eigenvalue weighted by atomic mass is 35.5. The SMILES string of the molecule is CCc1ccc(N/C=C(\C(=O)OC)S(=O)(=O)c2ccc(Cl)cc2)cc1. The molecule has 5 nitrogen and oxygen atoms in total. The minimum absolute atomic E-state index is 0.0447. The van der Waals surface area contributed by atoms with Crippen LogP contribution in [0.5, 0.6) is 0 Å². The maximum atomic E-state index is 12.7. The molecule has 0 aliphatic heterocycles. The van der Waals surface area contributed by atoms with Gasteiger partial charge in [0, 0.05) is 16.9 Å². The topological polar surface area (TPSA) is 72.5 Å². The van der Waals surface area contributed by atoms with Gasteiger partial charge in [0.25, 0.3) is 0 Å². The van der Waals surface area contributed by atoms with Crippen molar-refractivity contribution in [2.45, 2.75) is 18.2 Å². The first-order valence-electron chi connectivity index (χ1n) is 7.53. The summed E-state index contributed by atoms with van der Waals surface area (Å²) in [6, 6.07) is 13.0. The van der Waals surface area contributed by atoms with Gasteiger partial charge in [-0.05, 0) is 48.4 Å². The molecular weight excluding hydrogens is 362 g/mol.